The average molecular weight is 526 g/mol. The largest absolute Gasteiger partial charge is 0.490 e. The van der Waals surface area contributed by atoms with E-state index in [-0.39, 0.29) is 46.7 Å². The van der Waals surface area contributed by atoms with Crippen LogP contribution in [0.25, 0.3) is 6.08 Å². The quantitative estimate of drug-likeness (QED) is 0.165. The first kappa shape index (κ1) is 25.9. The molecule has 0 bridgehead atoms. The van der Waals surface area contributed by atoms with Crippen LogP contribution < -0.4 is 9.47 Å². The second-order valence-electron chi connectivity index (χ2n) is 8.19. The van der Waals surface area contributed by atoms with Crippen molar-refractivity contribution in [3.63, 3.8) is 0 Å². The minimum atomic E-state index is -0.729. The zero-order valence-electron chi connectivity index (χ0n) is 19.9. The van der Waals surface area contributed by atoms with Crippen LogP contribution in [0.4, 0.5) is 10.5 Å². The fourth-order valence-corrected chi connectivity index (χ4v) is 4.67. The molecule has 0 aromatic heterocycles. The molecule has 2 fully saturated rings. The molecule has 0 atom stereocenters. The number of rotatable bonds is 8. The van der Waals surface area contributed by atoms with E-state index in [9.17, 15) is 29.3 Å². The van der Waals surface area contributed by atoms with Gasteiger partial charge in [0.15, 0.2) is 11.5 Å². The van der Waals surface area contributed by atoms with Gasteiger partial charge in [0.05, 0.1) is 22.0 Å². The molecule has 2 heterocycles. The Morgan fingerprint density at radius 3 is 2.43 bits per heavy atom. The number of likely N-dealkylation sites (tertiary alicyclic amines) is 1. The summed E-state index contributed by atoms with van der Waals surface area (Å²) in [6.45, 7) is 2.99. The molecule has 12 heteroatoms. The third-order valence-corrected chi connectivity index (χ3v) is 6.61. The van der Waals surface area contributed by atoms with Crippen LogP contribution in [0.3, 0.4) is 0 Å². The van der Waals surface area contributed by atoms with Crippen LogP contribution in [0.5, 0.6) is 11.5 Å². The molecule has 11 nitrogen and oxygen atoms in total. The number of carbonyl (C=O) groups excluding carboxylic acids is 4. The van der Waals surface area contributed by atoms with E-state index in [2.05, 4.69) is 0 Å². The summed E-state index contributed by atoms with van der Waals surface area (Å²) in [5, 5.41) is 10.3. The van der Waals surface area contributed by atoms with Crippen molar-refractivity contribution in [1.82, 2.24) is 9.80 Å². The Labute approximate surface area is 216 Å². The van der Waals surface area contributed by atoms with Gasteiger partial charge >= 0.3 is 5.97 Å². The molecule has 2 aromatic rings. The molecule has 3 amide bonds. The molecule has 2 saturated heterocycles. The number of imide groups is 1. The Kier molecular flexibility index (Phi) is 7.87. The lowest BCUT2D eigenvalue weighted by Crippen LogP contribution is -2.40. The van der Waals surface area contributed by atoms with Crippen LogP contribution in [-0.4, -0.2) is 64.0 Å². The lowest BCUT2D eigenvalue weighted by molar-refractivity contribution is -0.384. The number of nitrogens with zero attached hydrogens (tertiary/aromatic N) is 3. The zero-order chi connectivity index (χ0) is 26.5. The summed E-state index contributed by atoms with van der Waals surface area (Å²) in [5.74, 6) is -1.18. The molecular formula is C25H23N3O8S. The number of ether oxygens (including phenoxy) is 2. The SMILES string of the molecule is CCOc1cc(/C=C2\SC(=O)N(CC(=O)N3CCCC3)C2=O)ccc1OC(=O)c1ccc([N+](=O)[O-])cc1. The van der Waals surface area contributed by atoms with E-state index >= 15 is 0 Å². The molecule has 0 unspecified atom stereocenters. The van der Waals surface area contributed by atoms with Gasteiger partial charge in [-0.2, -0.15) is 0 Å². The van der Waals surface area contributed by atoms with Gasteiger partial charge in [0, 0.05) is 25.2 Å². The lowest BCUT2D eigenvalue weighted by Gasteiger charge is -2.18. The molecule has 2 aliphatic rings. The molecule has 0 aliphatic carbocycles. The molecule has 37 heavy (non-hydrogen) atoms. The van der Waals surface area contributed by atoms with Crippen LogP contribution >= 0.6 is 11.8 Å². The summed E-state index contributed by atoms with van der Waals surface area (Å²) in [7, 11) is 0. The standard InChI is InChI=1S/C25H23N3O8S/c1-2-35-20-13-16(5-10-19(20)36-24(31)17-6-8-18(9-7-17)28(33)34)14-21-23(30)27(25(32)37-21)15-22(29)26-11-3-4-12-26/h5-10,13-14H,2-4,11-12,15H2,1H3/b21-14-. The van der Waals surface area contributed by atoms with E-state index in [1.807, 2.05) is 0 Å². The number of benzene rings is 2. The van der Waals surface area contributed by atoms with Crippen molar-refractivity contribution in [3.05, 3.63) is 68.6 Å². The first-order valence-corrected chi connectivity index (χ1v) is 12.3. The first-order chi connectivity index (χ1) is 17.8. The predicted molar refractivity (Wildman–Crippen MR) is 134 cm³/mol. The number of hydrogen-bond acceptors (Lipinski definition) is 9. The number of thioether (sulfide) groups is 1. The Morgan fingerprint density at radius 1 is 1.08 bits per heavy atom. The Hall–Kier alpha value is -4.19. The van der Waals surface area contributed by atoms with Crippen molar-refractivity contribution in [2.45, 2.75) is 19.8 Å². The van der Waals surface area contributed by atoms with E-state index in [1.54, 1.807) is 24.0 Å². The van der Waals surface area contributed by atoms with Crippen molar-refractivity contribution in [2.24, 2.45) is 0 Å². The minimum absolute atomic E-state index is 0.117. The van der Waals surface area contributed by atoms with E-state index in [0.717, 1.165) is 29.5 Å². The summed E-state index contributed by atoms with van der Waals surface area (Å²) in [5.41, 5.74) is 0.491. The van der Waals surface area contributed by atoms with Crippen LogP contribution in [0, 0.1) is 10.1 Å². The Bertz CT molecular complexity index is 1290. The predicted octanol–water partition coefficient (Wildman–Crippen LogP) is 3.87. The topological polar surface area (TPSA) is 136 Å². The van der Waals surface area contributed by atoms with Gasteiger partial charge in [-0.3, -0.25) is 29.4 Å². The fraction of sp³-hybridized carbons (Fsp3) is 0.280. The van der Waals surface area contributed by atoms with Crippen LogP contribution in [0.15, 0.2) is 47.4 Å². The number of amides is 3. The highest BCUT2D eigenvalue weighted by molar-refractivity contribution is 8.18. The highest BCUT2D eigenvalue weighted by Gasteiger charge is 2.37. The molecule has 2 aliphatic heterocycles. The van der Waals surface area contributed by atoms with Gasteiger partial charge in [-0.1, -0.05) is 6.07 Å². The highest BCUT2D eigenvalue weighted by atomic mass is 32.2. The molecule has 2 aromatic carbocycles. The zero-order valence-corrected chi connectivity index (χ0v) is 20.7. The maximum absolute atomic E-state index is 12.8. The van der Waals surface area contributed by atoms with Crippen molar-refractivity contribution in [2.75, 3.05) is 26.2 Å². The Balaban J connectivity index is 1.49. The second kappa shape index (κ2) is 11.2. The smallest absolute Gasteiger partial charge is 0.343 e. The van der Waals surface area contributed by atoms with Gasteiger partial charge in [-0.25, -0.2) is 4.79 Å². The fourth-order valence-electron chi connectivity index (χ4n) is 3.83. The van der Waals surface area contributed by atoms with Gasteiger partial charge in [0.25, 0.3) is 16.8 Å². The van der Waals surface area contributed by atoms with Gasteiger partial charge in [-0.05, 0) is 67.4 Å². The van der Waals surface area contributed by atoms with Gasteiger partial charge in [0.2, 0.25) is 5.91 Å². The molecule has 0 N–H and O–H groups in total. The normalized spacial score (nSPS) is 16.4. The summed E-state index contributed by atoms with van der Waals surface area (Å²) in [6.07, 6.45) is 3.33. The number of nitro groups is 1. The van der Waals surface area contributed by atoms with Crippen LogP contribution in [-0.2, 0) is 9.59 Å². The molecular weight excluding hydrogens is 502 g/mol. The van der Waals surface area contributed by atoms with Gasteiger partial charge in [-0.15, -0.1) is 0 Å². The number of non-ortho nitro benzene ring substituents is 1. The second-order valence-corrected chi connectivity index (χ2v) is 9.18. The average Bonchev–Trinajstić information content (AvgIpc) is 3.51. The summed E-state index contributed by atoms with van der Waals surface area (Å²) >= 11 is 0.749. The summed E-state index contributed by atoms with van der Waals surface area (Å²) in [4.78, 5) is 63.2. The molecule has 192 valence electrons. The maximum Gasteiger partial charge on any atom is 0.343 e. The molecule has 0 radical (unpaired) electrons. The van der Waals surface area contributed by atoms with E-state index in [4.69, 9.17) is 9.47 Å². The van der Waals surface area contributed by atoms with Crippen molar-refractivity contribution in [3.8, 4) is 11.5 Å². The van der Waals surface area contributed by atoms with Crippen LogP contribution in [0.2, 0.25) is 0 Å². The van der Waals surface area contributed by atoms with Crippen molar-refractivity contribution >= 4 is 46.5 Å². The van der Waals surface area contributed by atoms with Gasteiger partial charge < -0.3 is 14.4 Å². The molecule has 0 saturated carbocycles. The van der Waals surface area contributed by atoms with Crippen molar-refractivity contribution < 1.29 is 33.6 Å². The molecule has 4 rings (SSSR count). The van der Waals surface area contributed by atoms with E-state index in [1.165, 1.54) is 36.4 Å². The Morgan fingerprint density at radius 2 is 1.78 bits per heavy atom. The first-order valence-electron chi connectivity index (χ1n) is 11.5. The van der Waals surface area contributed by atoms with E-state index < -0.39 is 22.0 Å². The maximum atomic E-state index is 12.8. The third-order valence-electron chi connectivity index (χ3n) is 5.71. The monoisotopic (exact) mass is 525 g/mol. The summed E-state index contributed by atoms with van der Waals surface area (Å²) < 4.78 is 11.0. The van der Waals surface area contributed by atoms with E-state index in [0.29, 0.717) is 18.7 Å². The highest BCUT2D eigenvalue weighted by Crippen LogP contribution is 2.35. The van der Waals surface area contributed by atoms with Gasteiger partial charge in [0.1, 0.15) is 6.54 Å². The third kappa shape index (κ3) is 5.97. The number of esters is 1. The van der Waals surface area contributed by atoms with Crippen molar-refractivity contribution in [1.29, 1.82) is 0 Å². The number of hydrogen-bond donors (Lipinski definition) is 0. The number of nitro benzene ring substituents is 1. The number of carbonyl (C=O) groups is 4. The lowest BCUT2D eigenvalue weighted by atomic mass is 10.1. The summed E-state index contributed by atoms with van der Waals surface area (Å²) in [6, 6.07) is 9.63. The van der Waals surface area contributed by atoms with Crippen LogP contribution in [0.1, 0.15) is 35.7 Å². The minimum Gasteiger partial charge on any atom is -0.490 e. The molecule has 0 spiro atoms.